The average Bonchev–Trinajstić information content (AvgIpc) is 2.95. The predicted molar refractivity (Wildman–Crippen MR) is 99.5 cm³/mol. The third-order valence-electron chi connectivity index (χ3n) is 3.98. The van der Waals surface area contributed by atoms with Crippen LogP contribution in [-0.2, 0) is 11.3 Å². The van der Waals surface area contributed by atoms with Gasteiger partial charge < -0.3 is 14.0 Å². The van der Waals surface area contributed by atoms with E-state index in [9.17, 15) is 4.79 Å². The summed E-state index contributed by atoms with van der Waals surface area (Å²) in [5.74, 6) is 0.589. The average molecular weight is 372 g/mol. The molecule has 0 bridgehead atoms. The van der Waals surface area contributed by atoms with E-state index >= 15 is 0 Å². The second kappa shape index (κ2) is 7.62. The molecule has 3 aromatic rings. The van der Waals surface area contributed by atoms with Crippen LogP contribution in [0.5, 0.6) is 5.75 Å². The number of hydrogen-bond acceptors (Lipinski definition) is 5. The van der Waals surface area contributed by atoms with Crippen LogP contribution in [-0.4, -0.2) is 17.7 Å². The van der Waals surface area contributed by atoms with Gasteiger partial charge in [-0.25, -0.2) is 4.79 Å². The summed E-state index contributed by atoms with van der Waals surface area (Å²) in [5.41, 5.74) is 1.94. The molecule has 0 aliphatic carbocycles. The molecule has 26 heavy (non-hydrogen) atoms. The van der Waals surface area contributed by atoms with Crippen molar-refractivity contribution in [3.05, 3.63) is 70.6 Å². The minimum Gasteiger partial charge on any atom is -0.488 e. The summed E-state index contributed by atoms with van der Waals surface area (Å²) >= 11 is 5.69. The Morgan fingerprint density at radius 1 is 1.23 bits per heavy atom. The lowest BCUT2D eigenvalue weighted by Crippen LogP contribution is -2.09. The molecular formula is C20H18ClNO4. The van der Waals surface area contributed by atoms with Crippen molar-refractivity contribution < 1.29 is 18.8 Å². The van der Waals surface area contributed by atoms with E-state index in [-0.39, 0.29) is 18.2 Å². The van der Waals surface area contributed by atoms with Crippen LogP contribution >= 0.6 is 11.6 Å². The van der Waals surface area contributed by atoms with Gasteiger partial charge >= 0.3 is 5.97 Å². The minimum absolute atomic E-state index is 0.0590. The van der Waals surface area contributed by atoms with Crippen LogP contribution in [0.1, 0.15) is 27.4 Å². The van der Waals surface area contributed by atoms with Gasteiger partial charge in [0.05, 0.1) is 11.3 Å². The van der Waals surface area contributed by atoms with Gasteiger partial charge in [-0.15, -0.1) is 0 Å². The van der Waals surface area contributed by atoms with Crippen molar-refractivity contribution in [2.45, 2.75) is 20.5 Å². The number of carbonyl (C=O) groups is 1. The molecule has 0 radical (unpaired) electrons. The Kier molecular flexibility index (Phi) is 5.28. The summed E-state index contributed by atoms with van der Waals surface area (Å²) in [6.45, 7) is 7.37. The molecule has 0 amide bonds. The Hall–Kier alpha value is -2.79. The number of halogens is 1. The van der Waals surface area contributed by atoms with Crippen LogP contribution in [0.25, 0.3) is 10.8 Å². The van der Waals surface area contributed by atoms with Gasteiger partial charge in [-0.1, -0.05) is 47.6 Å². The zero-order chi connectivity index (χ0) is 18.7. The summed E-state index contributed by atoms with van der Waals surface area (Å²) in [6, 6.07) is 11.3. The maximum Gasteiger partial charge on any atom is 0.342 e. The molecule has 0 aliphatic heterocycles. The summed E-state index contributed by atoms with van der Waals surface area (Å²) in [6.07, 6.45) is 0. The second-order valence-electron chi connectivity index (χ2n) is 5.88. The first kappa shape index (κ1) is 18.0. The maximum absolute atomic E-state index is 12.5. The van der Waals surface area contributed by atoms with Crippen molar-refractivity contribution in [2.24, 2.45) is 0 Å². The number of nitrogens with zero attached hydrogens (tertiary/aromatic N) is 1. The molecule has 5 nitrogen and oxygen atoms in total. The summed E-state index contributed by atoms with van der Waals surface area (Å²) in [5, 5.41) is 6.03. The standard InChI is InChI=1S/C20H18ClNO4/c1-12(21)10-25-20(23)17-8-15-6-4-5-7-16(15)9-19(17)24-11-18-13(2)22-26-14(18)3/h4-9H,1,10-11H2,2-3H3. The van der Waals surface area contributed by atoms with E-state index in [0.717, 1.165) is 22.0 Å². The van der Waals surface area contributed by atoms with Gasteiger partial charge in [0.1, 0.15) is 30.3 Å². The minimum atomic E-state index is -0.522. The van der Waals surface area contributed by atoms with E-state index in [2.05, 4.69) is 11.7 Å². The quantitative estimate of drug-likeness (QED) is 0.575. The van der Waals surface area contributed by atoms with Crippen molar-refractivity contribution in [1.29, 1.82) is 0 Å². The highest BCUT2D eigenvalue weighted by atomic mass is 35.5. The van der Waals surface area contributed by atoms with E-state index in [1.54, 1.807) is 6.07 Å². The van der Waals surface area contributed by atoms with Crippen molar-refractivity contribution in [3.8, 4) is 5.75 Å². The van der Waals surface area contributed by atoms with Crippen LogP contribution in [0.4, 0.5) is 0 Å². The van der Waals surface area contributed by atoms with Crippen molar-refractivity contribution in [3.63, 3.8) is 0 Å². The lowest BCUT2D eigenvalue weighted by molar-refractivity contribution is 0.0541. The molecule has 6 heteroatoms. The highest BCUT2D eigenvalue weighted by Gasteiger charge is 2.18. The Balaban J connectivity index is 1.94. The number of hydrogen-bond donors (Lipinski definition) is 0. The molecule has 0 saturated carbocycles. The first-order valence-corrected chi connectivity index (χ1v) is 8.41. The smallest absolute Gasteiger partial charge is 0.342 e. The molecule has 3 rings (SSSR count). The molecule has 0 spiro atoms. The number of ether oxygens (including phenoxy) is 2. The van der Waals surface area contributed by atoms with Gasteiger partial charge in [0, 0.05) is 5.03 Å². The maximum atomic E-state index is 12.5. The number of aryl methyl sites for hydroxylation is 2. The van der Waals surface area contributed by atoms with Gasteiger partial charge in [0.25, 0.3) is 0 Å². The van der Waals surface area contributed by atoms with Crippen molar-refractivity contribution in [1.82, 2.24) is 5.16 Å². The van der Waals surface area contributed by atoms with Crippen molar-refractivity contribution >= 4 is 28.3 Å². The SMILES string of the molecule is C=C(Cl)COC(=O)c1cc2ccccc2cc1OCc1c(C)noc1C. The predicted octanol–water partition coefficient (Wildman–Crippen LogP) is 4.93. The largest absolute Gasteiger partial charge is 0.488 e. The molecule has 0 saturated heterocycles. The third kappa shape index (κ3) is 3.89. The first-order valence-electron chi connectivity index (χ1n) is 8.03. The van der Waals surface area contributed by atoms with Gasteiger partial charge in [-0.3, -0.25) is 0 Å². The van der Waals surface area contributed by atoms with Crippen LogP contribution in [0.2, 0.25) is 0 Å². The molecule has 0 unspecified atom stereocenters. The number of benzene rings is 2. The molecule has 1 heterocycles. The molecule has 1 aromatic heterocycles. The lowest BCUT2D eigenvalue weighted by atomic mass is 10.1. The normalized spacial score (nSPS) is 10.7. The molecule has 0 fully saturated rings. The molecule has 2 aromatic carbocycles. The Morgan fingerprint density at radius 2 is 1.92 bits per heavy atom. The monoisotopic (exact) mass is 371 g/mol. The Bertz CT molecular complexity index is 958. The summed E-state index contributed by atoms with van der Waals surface area (Å²) < 4.78 is 16.3. The number of carbonyl (C=O) groups excluding carboxylic acids is 1. The van der Waals surface area contributed by atoms with Crippen molar-refractivity contribution in [2.75, 3.05) is 6.61 Å². The fourth-order valence-electron chi connectivity index (χ4n) is 2.58. The Morgan fingerprint density at radius 3 is 2.54 bits per heavy atom. The molecular weight excluding hydrogens is 354 g/mol. The highest BCUT2D eigenvalue weighted by molar-refractivity contribution is 6.29. The van der Waals surface area contributed by atoms with Crippen LogP contribution in [0.15, 0.2) is 52.5 Å². The van der Waals surface area contributed by atoms with E-state index in [1.807, 2.05) is 44.2 Å². The number of esters is 1. The lowest BCUT2D eigenvalue weighted by Gasteiger charge is -2.13. The van der Waals surface area contributed by atoms with E-state index < -0.39 is 5.97 Å². The fourth-order valence-corrected chi connectivity index (χ4v) is 2.63. The van der Waals surface area contributed by atoms with Gasteiger partial charge in [-0.2, -0.15) is 0 Å². The van der Waals surface area contributed by atoms with Crippen LogP contribution in [0, 0.1) is 13.8 Å². The Labute approximate surface area is 156 Å². The number of aromatic nitrogens is 1. The fraction of sp³-hybridized carbons (Fsp3) is 0.200. The summed E-state index contributed by atoms with van der Waals surface area (Å²) in [4.78, 5) is 12.5. The molecule has 134 valence electrons. The summed E-state index contributed by atoms with van der Waals surface area (Å²) in [7, 11) is 0. The van der Waals surface area contributed by atoms with Gasteiger partial charge in [0.15, 0.2) is 0 Å². The van der Waals surface area contributed by atoms with E-state index in [4.69, 9.17) is 25.6 Å². The number of fused-ring (bicyclic) bond motifs is 1. The zero-order valence-corrected chi connectivity index (χ0v) is 15.3. The molecule has 0 atom stereocenters. The number of rotatable bonds is 6. The van der Waals surface area contributed by atoms with Gasteiger partial charge in [-0.05, 0) is 36.8 Å². The second-order valence-corrected chi connectivity index (χ2v) is 6.41. The molecule has 0 N–H and O–H groups in total. The van der Waals surface area contributed by atoms with Crippen LogP contribution in [0.3, 0.4) is 0 Å². The zero-order valence-electron chi connectivity index (χ0n) is 14.5. The first-order chi connectivity index (χ1) is 12.5. The van der Waals surface area contributed by atoms with E-state index in [0.29, 0.717) is 17.1 Å². The van der Waals surface area contributed by atoms with Gasteiger partial charge in [0.2, 0.25) is 0 Å². The topological polar surface area (TPSA) is 61.6 Å². The molecule has 0 aliphatic rings. The highest BCUT2D eigenvalue weighted by Crippen LogP contribution is 2.28. The van der Waals surface area contributed by atoms with E-state index in [1.165, 1.54) is 0 Å². The van der Waals surface area contributed by atoms with Crippen LogP contribution < -0.4 is 4.74 Å². The third-order valence-corrected chi connectivity index (χ3v) is 4.09.